The number of allylic oxidation sites excluding steroid dienone is 1. The van der Waals surface area contributed by atoms with Gasteiger partial charge in [0.25, 0.3) is 5.91 Å². The number of fused-ring (bicyclic) bond motifs is 3. The molecule has 268 valence electrons. The summed E-state index contributed by atoms with van der Waals surface area (Å²) in [4.78, 5) is 71.8. The van der Waals surface area contributed by atoms with Gasteiger partial charge >= 0.3 is 6.09 Å². The topological polar surface area (TPSA) is 171 Å². The molecule has 3 aliphatic carbocycles. The SMILES string of the molecule is C=C[C@@H]1C[C@@]1(NC(=O)[C@@H]1C[C@@H]2CN1C(=O)[C@H](C1CCCC1)NC(=O)CCC/C=C/c1cccc3c1CN(C3)C(=O)O2)C(=O)NS(=O)(=O)C1CC1. The second-order valence-corrected chi connectivity index (χ2v) is 16.6. The Balaban J connectivity index is 1.16. The second-order valence-electron chi connectivity index (χ2n) is 14.7. The number of hydrogen-bond acceptors (Lipinski definition) is 8. The average Bonchev–Trinajstić information content (AvgIpc) is 3.86. The molecule has 3 aliphatic heterocycles. The van der Waals surface area contributed by atoms with Gasteiger partial charge in [-0.25, -0.2) is 13.2 Å². The summed E-state index contributed by atoms with van der Waals surface area (Å²) < 4.78 is 33.4. The molecule has 1 aromatic carbocycles. The third-order valence-corrected chi connectivity index (χ3v) is 13.0. The van der Waals surface area contributed by atoms with Crippen LogP contribution in [0.3, 0.4) is 0 Å². The van der Waals surface area contributed by atoms with E-state index in [2.05, 4.69) is 21.9 Å². The smallest absolute Gasteiger partial charge is 0.410 e. The van der Waals surface area contributed by atoms with Crippen molar-refractivity contribution >= 4 is 45.8 Å². The van der Waals surface area contributed by atoms with E-state index in [1.54, 1.807) is 4.90 Å². The molecule has 3 heterocycles. The predicted octanol–water partition coefficient (Wildman–Crippen LogP) is 2.65. The van der Waals surface area contributed by atoms with Gasteiger partial charge < -0.3 is 20.3 Å². The van der Waals surface area contributed by atoms with Crippen LogP contribution in [0.15, 0.2) is 36.9 Å². The molecule has 0 radical (unpaired) electrons. The molecule has 50 heavy (non-hydrogen) atoms. The maximum absolute atomic E-state index is 14.5. The average molecular weight is 708 g/mol. The van der Waals surface area contributed by atoms with Crippen LogP contribution in [0.4, 0.5) is 4.79 Å². The van der Waals surface area contributed by atoms with Crippen LogP contribution in [0, 0.1) is 11.8 Å². The van der Waals surface area contributed by atoms with E-state index in [1.165, 1.54) is 11.0 Å². The summed E-state index contributed by atoms with van der Waals surface area (Å²) in [6.45, 7) is 4.41. The molecule has 1 aromatic rings. The second kappa shape index (κ2) is 13.5. The van der Waals surface area contributed by atoms with Crippen molar-refractivity contribution in [3.8, 4) is 0 Å². The van der Waals surface area contributed by atoms with Crippen LogP contribution >= 0.6 is 0 Å². The van der Waals surface area contributed by atoms with E-state index in [0.717, 1.165) is 42.4 Å². The van der Waals surface area contributed by atoms with Crippen LogP contribution in [-0.2, 0) is 47.0 Å². The van der Waals surface area contributed by atoms with E-state index >= 15 is 0 Å². The number of nitrogens with zero attached hydrogens (tertiary/aromatic N) is 2. The minimum absolute atomic E-state index is 0.0275. The van der Waals surface area contributed by atoms with Gasteiger partial charge in [-0.2, -0.15) is 0 Å². The quantitative estimate of drug-likeness (QED) is 0.363. The van der Waals surface area contributed by atoms with Gasteiger partial charge in [0.15, 0.2) is 0 Å². The lowest BCUT2D eigenvalue weighted by molar-refractivity contribution is -0.143. The van der Waals surface area contributed by atoms with Crippen molar-refractivity contribution in [3.63, 3.8) is 0 Å². The maximum atomic E-state index is 14.5. The van der Waals surface area contributed by atoms with Gasteiger partial charge in [-0.15, -0.1) is 6.58 Å². The van der Waals surface area contributed by atoms with Gasteiger partial charge in [-0.3, -0.25) is 28.8 Å². The highest BCUT2D eigenvalue weighted by Crippen LogP contribution is 2.45. The van der Waals surface area contributed by atoms with E-state index in [4.69, 9.17) is 4.74 Å². The third kappa shape index (κ3) is 6.78. The van der Waals surface area contributed by atoms with Gasteiger partial charge in [0, 0.05) is 25.3 Å². The molecular weight excluding hydrogens is 662 g/mol. The van der Waals surface area contributed by atoms with E-state index < -0.39 is 68.7 Å². The number of carbonyl (C=O) groups is 5. The van der Waals surface area contributed by atoms with Gasteiger partial charge in [-0.1, -0.05) is 49.3 Å². The van der Waals surface area contributed by atoms with E-state index in [0.29, 0.717) is 38.8 Å². The fourth-order valence-electron chi connectivity index (χ4n) is 8.03. The van der Waals surface area contributed by atoms with Gasteiger partial charge in [0.05, 0.1) is 18.3 Å². The first kappa shape index (κ1) is 34.3. The number of ether oxygens (including phenoxy) is 1. The zero-order chi connectivity index (χ0) is 35.2. The molecule has 0 aromatic heterocycles. The molecule has 7 rings (SSSR count). The highest BCUT2D eigenvalue weighted by Gasteiger charge is 2.62. The van der Waals surface area contributed by atoms with Crippen LogP contribution in [0.25, 0.3) is 6.08 Å². The fraction of sp³-hybridized carbons (Fsp3) is 0.583. The molecule has 5 amide bonds. The predicted molar refractivity (Wildman–Crippen MR) is 182 cm³/mol. The molecule has 4 fully saturated rings. The molecule has 3 N–H and O–H groups in total. The van der Waals surface area contributed by atoms with Gasteiger partial charge in [-0.05, 0) is 67.6 Å². The highest BCUT2D eigenvalue weighted by atomic mass is 32.2. The summed E-state index contributed by atoms with van der Waals surface area (Å²) in [6, 6.07) is 3.92. The Labute approximate surface area is 292 Å². The number of amides is 5. The zero-order valence-electron chi connectivity index (χ0n) is 28.1. The minimum atomic E-state index is -3.88. The molecule has 0 unspecified atom stereocenters. The normalized spacial score (nSPS) is 30.9. The molecule has 1 saturated heterocycles. The standard InChI is InChI=1S/C36H45N5O8S/c1-2-25-18-36(25,34(45)39-50(47,48)27-15-16-27)38-32(43)29-17-26-20-41(29)33(44)31(23-10-6-7-11-23)37-30(42)14-5-3-4-9-22-12-8-13-24-19-40(21-28(22)24)35(46)49-26/h2,4,8-9,12-13,23,25-27,29,31H,1,3,5-7,10-11,14-21H2,(H,37,42)(H,38,43)(H,39,45)/b9-4+/t25-,26-,29+,31+,36+/m1/s1. The van der Waals surface area contributed by atoms with Crippen molar-refractivity contribution in [2.75, 3.05) is 6.54 Å². The van der Waals surface area contributed by atoms with E-state index in [1.807, 2.05) is 30.4 Å². The number of benzene rings is 1. The third-order valence-electron chi connectivity index (χ3n) is 11.2. The van der Waals surface area contributed by atoms with Crippen LogP contribution < -0.4 is 15.4 Å². The van der Waals surface area contributed by atoms with Gasteiger partial charge in [0.1, 0.15) is 23.7 Å². The van der Waals surface area contributed by atoms with E-state index in [9.17, 15) is 32.4 Å². The Morgan fingerprint density at radius 2 is 1.84 bits per heavy atom. The number of rotatable bonds is 7. The zero-order valence-corrected chi connectivity index (χ0v) is 28.9. The van der Waals surface area contributed by atoms with E-state index in [-0.39, 0.29) is 37.6 Å². The van der Waals surface area contributed by atoms with Crippen molar-refractivity contribution in [1.82, 2.24) is 25.2 Å². The Bertz CT molecular complexity index is 1730. The minimum Gasteiger partial charge on any atom is -0.444 e. The molecule has 0 spiro atoms. The number of sulfonamides is 1. The Morgan fingerprint density at radius 3 is 2.56 bits per heavy atom. The molecule has 14 heteroatoms. The monoisotopic (exact) mass is 707 g/mol. The Kier molecular flexibility index (Phi) is 9.25. The summed E-state index contributed by atoms with van der Waals surface area (Å²) in [5.74, 6) is -2.80. The largest absolute Gasteiger partial charge is 0.444 e. The lowest BCUT2D eigenvalue weighted by atomic mass is 9.96. The summed E-state index contributed by atoms with van der Waals surface area (Å²) in [7, 11) is -3.88. The lowest BCUT2D eigenvalue weighted by Crippen LogP contribution is -2.59. The molecule has 5 atom stereocenters. The van der Waals surface area contributed by atoms with Crippen molar-refractivity contribution in [2.45, 2.75) is 113 Å². The Morgan fingerprint density at radius 1 is 1.06 bits per heavy atom. The summed E-state index contributed by atoms with van der Waals surface area (Å²) >= 11 is 0. The van der Waals surface area contributed by atoms with Crippen molar-refractivity contribution in [1.29, 1.82) is 0 Å². The number of nitrogens with one attached hydrogen (secondary N) is 3. The van der Waals surface area contributed by atoms with Crippen LogP contribution in [0.5, 0.6) is 0 Å². The van der Waals surface area contributed by atoms with Gasteiger partial charge in [0.2, 0.25) is 27.7 Å². The summed E-state index contributed by atoms with van der Waals surface area (Å²) in [5.41, 5.74) is 1.49. The van der Waals surface area contributed by atoms with Crippen LogP contribution in [0.2, 0.25) is 0 Å². The summed E-state index contributed by atoms with van der Waals surface area (Å²) in [6.07, 6.45) is 10.0. The first-order chi connectivity index (χ1) is 24.0. The first-order valence-electron chi connectivity index (χ1n) is 17.8. The molecule has 6 aliphatic rings. The van der Waals surface area contributed by atoms with Crippen LogP contribution in [0.1, 0.15) is 87.3 Å². The summed E-state index contributed by atoms with van der Waals surface area (Å²) in [5, 5.41) is 5.14. The number of hydrogen-bond donors (Lipinski definition) is 3. The maximum Gasteiger partial charge on any atom is 0.410 e. The number of carbonyl (C=O) groups excluding carboxylic acids is 5. The Hall–Kier alpha value is -4.20. The fourth-order valence-corrected chi connectivity index (χ4v) is 9.40. The van der Waals surface area contributed by atoms with Crippen LogP contribution in [-0.4, -0.2) is 83.5 Å². The first-order valence-corrected chi connectivity index (χ1v) is 19.4. The molecular formula is C36H45N5O8S. The van der Waals surface area contributed by atoms with Crippen molar-refractivity contribution < 1.29 is 37.1 Å². The molecule has 3 saturated carbocycles. The van der Waals surface area contributed by atoms with Crippen molar-refractivity contribution in [3.05, 3.63) is 53.6 Å². The molecule has 4 bridgehead atoms. The highest BCUT2D eigenvalue weighted by molar-refractivity contribution is 7.91. The lowest BCUT2D eigenvalue weighted by Gasteiger charge is -2.32. The van der Waals surface area contributed by atoms with Crippen molar-refractivity contribution in [2.24, 2.45) is 11.8 Å². The molecule has 13 nitrogen and oxygen atoms in total.